The monoisotopic (exact) mass is 336 g/mol. The van der Waals surface area contributed by atoms with E-state index in [9.17, 15) is 4.79 Å². The molecule has 0 saturated carbocycles. The molecule has 1 atom stereocenters. The lowest BCUT2D eigenvalue weighted by Gasteiger charge is -2.22. The highest BCUT2D eigenvalue weighted by molar-refractivity contribution is 9.10. The predicted octanol–water partition coefficient (Wildman–Crippen LogP) is 3.24. The summed E-state index contributed by atoms with van der Waals surface area (Å²) in [6, 6.07) is 7.99. The van der Waals surface area contributed by atoms with E-state index in [2.05, 4.69) is 20.9 Å². The molecule has 0 bridgehead atoms. The van der Waals surface area contributed by atoms with Crippen LogP contribution in [0, 0.1) is 5.92 Å². The number of halogens is 1. The number of anilines is 1. The Balaban J connectivity index is 2.33. The van der Waals surface area contributed by atoms with Gasteiger partial charge in [0.05, 0.1) is 13.0 Å². The maximum atomic E-state index is 11.5. The fourth-order valence-corrected chi connectivity index (χ4v) is 2.73. The number of carbonyl (C=O) groups is 1. The molecule has 20 heavy (non-hydrogen) atoms. The summed E-state index contributed by atoms with van der Waals surface area (Å²) in [5.41, 5.74) is 0. The van der Waals surface area contributed by atoms with Gasteiger partial charge in [-0.25, -0.2) is 4.98 Å². The Morgan fingerprint density at radius 1 is 1.40 bits per heavy atom. The second-order valence-corrected chi connectivity index (χ2v) is 5.63. The third-order valence-corrected chi connectivity index (χ3v) is 3.94. The molecule has 1 unspecified atom stereocenters. The van der Waals surface area contributed by atoms with Crippen LogP contribution in [0.2, 0.25) is 0 Å². The lowest BCUT2D eigenvalue weighted by Crippen LogP contribution is -2.29. The van der Waals surface area contributed by atoms with Crippen molar-refractivity contribution in [3.8, 4) is 0 Å². The molecule has 0 radical (unpaired) electrons. The van der Waals surface area contributed by atoms with Crippen LogP contribution in [0.3, 0.4) is 0 Å². The number of hydrogen-bond acceptors (Lipinski definition) is 4. The van der Waals surface area contributed by atoms with Crippen LogP contribution >= 0.6 is 15.9 Å². The Bertz CT molecular complexity index is 630. The van der Waals surface area contributed by atoms with E-state index in [1.807, 2.05) is 43.1 Å². The number of esters is 1. The van der Waals surface area contributed by atoms with E-state index in [-0.39, 0.29) is 11.9 Å². The molecule has 106 valence electrons. The highest BCUT2D eigenvalue weighted by atomic mass is 79.9. The minimum atomic E-state index is -0.210. The molecule has 2 rings (SSSR count). The largest absolute Gasteiger partial charge is 0.469 e. The lowest BCUT2D eigenvalue weighted by molar-refractivity contribution is -0.144. The lowest BCUT2D eigenvalue weighted by atomic mass is 10.1. The highest BCUT2D eigenvalue weighted by Crippen LogP contribution is 2.29. The van der Waals surface area contributed by atoms with Crippen LogP contribution in [0.4, 0.5) is 5.82 Å². The molecular formula is C15H17BrN2O2. The first-order valence-corrected chi connectivity index (χ1v) is 7.16. The minimum absolute atomic E-state index is 0.200. The number of hydrogen-bond donors (Lipinski definition) is 0. The highest BCUT2D eigenvalue weighted by Gasteiger charge is 2.17. The van der Waals surface area contributed by atoms with E-state index in [1.165, 1.54) is 7.11 Å². The second kappa shape index (κ2) is 6.22. The zero-order valence-electron chi connectivity index (χ0n) is 11.8. The molecule has 0 aliphatic carbocycles. The van der Waals surface area contributed by atoms with Gasteiger partial charge in [-0.05, 0) is 12.1 Å². The maximum Gasteiger partial charge on any atom is 0.310 e. The third kappa shape index (κ3) is 2.93. The summed E-state index contributed by atoms with van der Waals surface area (Å²) in [6.45, 7) is 2.41. The van der Waals surface area contributed by atoms with E-state index in [0.717, 1.165) is 21.1 Å². The van der Waals surface area contributed by atoms with Crippen LogP contribution in [0.25, 0.3) is 10.8 Å². The van der Waals surface area contributed by atoms with Crippen molar-refractivity contribution in [3.63, 3.8) is 0 Å². The molecule has 1 aromatic heterocycles. The van der Waals surface area contributed by atoms with E-state index >= 15 is 0 Å². The maximum absolute atomic E-state index is 11.5. The summed E-state index contributed by atoms with van der Waals surface area (Å²) < 4.78 is 5.80. The number of fused-ring (bicyclic) bond motifs is 1. The van der Waals surface area contributed by atoms with Crippen molar-refractivity contribution in [2.45, 2.75) is 6.92 Å². The molecule has 0 aliphatic rings. The first-order chi connectivity index (χ1) is 9.54. The molecule has 1 aromatic carbocycles. The van der Waals surface area contributed by atoms with Gasteiger partial charge < -0.3 is 9.64 Å². The number of carbonyl (C=O) groups excluding carboxylic acids is 1. The van der Waals surface area contributed by atoms with Crippen molar-refractivity contribution in [2.24, 2.45) is 5.92 Å². The first-order valence-electron chi connectivity index (χ1n) is 6.36. The van der Waals surface area contributed by atoms with Crippen molar-refractivity contribution < 1.29 is 9.53 Å². The average Bonchev–Trinajstić information content (AvgIpc) is 2.46. The average molecular weight is 337 g/mol. The van der Waals surface area contributed by atoms with E-state index in [0.29, 0.717) is 6.54 Å². The molecule has 0 spiro atoms. The van der Waals surface area contributed by atoms with Crippen molar-refractivity contribution in [2.75, 3.05) is 25.6 Å². The van der Waals surface area contributed by atoms with Gasteiger partial charge in [-0.1, -0.05) is 35.0 Å². The van der Waals surface area contributed by atoms with Crippen molar-refractivity contribution >= 4 is 38.5 Å². The van der Waals surface area contributed by atoms with Crippen molar-refractivity contribution in [1.82, 2.24) is 4.98 Å². The number of methoxy groups -OCH3 is 1. The zero-order valence-corrected chi connectivity index (χ0v) is 13.3. The molecule has 0 aliphatic heterocycles. The van der Waals surface area contributed by atoms with Gasteiger partial charge in [0.2, 0.25) is 0 Å². The normalized spacial score (nSPS) is 12.2. The zero-order chi connectivity index (χ0) is 14.7. The van der Waals surface area contributed by atoms with Crippen LogP contribution < -0.4 is 4.90 Å². The fourth-order valence-electron chi connectivity index (χ4n) is 2.23. The van der Waals surface area contributed by atoms with Gasteiger partial charge in [-0.3, -0.25) is 4.79 Å². The molecule has 0 amide bonds. The molecule has 5 heteroatoms. The number of aromatic nitrogens is 1. The quantitative estimate of drug-likeness (QED) is 0.804. The van der Waals surface area contributed by atoms with Gasteiger partial charge in [-0.2, -0.15) is 0 Å². The predicted molar refractivity (Wildman–Crippen MR) is 83.9 cm³/mol. The number of pyridine rings is 1. The molecule has 2 aromatic rings. The summed E-state index contributed by atoms with van der Waals surface area (Å²) in [5.74, 6) is 0.451. The van der Waals surface area contributed by atoms with E-state index in [4.69, 9.17) is 4.74 Å². The molecule has 4 nitrogen and oxygen atoms in total. The van der Waals surface area contributed by atoms with Crippen LogP contribution in [0.15, 0.2) is 34.9 Å². The SMILES string of the molecule is COC(=O)C(C)CN(C)c1nccc2c(Br)cccc12. The van der Waals surface area contributed by atoms with Gasteiger partial charge in [0.15, 0.2) is 0 Å². The Hall–Kier alpha value is -1.62. The summed E-state index contributed by atoms with van der Waals surface area (Å²) >= 11 is 3.55. The molecule has 0 fully saturated rings. The molecule has 0 N–H and O–H groups in total. The summed E-state index contributed by atoms with van der Waals surface area (Å²) in [6.07, 6.45) is 1.78. The van der Waals surface area contributed by atoms with Crippen LogP contribution in [-0.2, 0) is 9.53 Å². The van der Waals surface area contributed by atoms with Crippen molar-refractivity contribution in [1.29, 1.82) is 0 Å². The number of benzene rings is 1. The van der Waals surface area contributed by atoms with Gasteiger partial charge in [0, 0.05) is 35.0 Å². The smallest absolute Gasteiger partial charge is 0.310 e. The van der Waals surface area contributed by atoms with Gasteiger partial charge in [-0.15, -0.1) is 0 Å². The topological polar surface area (TPSA) is 42.4 Å². The van der Waals surface area contributed by atoms with Crippen LogP contribution in [0.5, 0.6) is 0 Å². The Morgan fingerprint density at radius 3 is 2.85 bits per heavy atom. The summed E-state index contributed by atoms with van der Waals surface area (Å²) in [4.78, 5) is 17.9. The Labute approximate surface area is 126 Å². The molecule has 1 heterocycles. The van der Waals surface area contributed by atoms with Crippen LogP contribution in [0.1, 0.15) is 6.92 Å². The third-order valence-electron chi connectivity index (χ3n) is 3.24. The standard InChI is InChI=1S/C15H17BrN2O2/c1-10(15(19)20-3)9-18(2)14-12-5-4-6-13(16)11(12)7-8-17-14/h4-8,10H,9H2,1-3H3. The van der Waals surface area contributed by atoms with E-state index < -0.39 is 0 Å². The van der Waals surface area contributed by atoms with Crippen molar-refractivity contribution in [3.05, 3.63) is 34.9 Å². The molecule has 0 saturated heterocycles. The molecular weight excluding hydrogens is 320 g/mol. The number of nitrogens with zero attached hydrogens (tertiary/aromatic N) is 2. The Kier molecular flexibility index (Phi) is 4.60. The van der Waals surface area contributed by atoms with Gasteiger partial charge in [0.1, 0.15) is 5.82 Å². The number of ether oxygens (including phenoxy) is 1. The number of rotatable bonds is 4. The first kappa shape index (κ1) is 14.8. The Morgan fingerprint density at radius 2 is 2.15 bits per heavy atom. The van der Waals surface area contributed by atoms with Gasteiger partial charge in [0.25, 0.3) is 0 Å². The van der Waals surface area contributed by atoms with Crippen LogP contribution in [-0.4, -0.2) is 31.7 Å². The second-order valence-electron chi connectivity index (χ2n) is 4.77. The van der Waals surface area contributed by atoms with E-state index in [1.54, 1.807) is 6.20 Å². The summed E-state index contributed by atoms with van der Waals surface area (Å²) in [7, 11) is 3.34. The summed E-state index contributed by atoms with van der Waals surface area (Å²) in [5, 5.41) is 2.16. The van der Waals surface area contributed by atoms with Gasteiger partial charge >= 0.3 is 5.97 Å². The fraction of sp³-hybridized carbons (Fsp3) is 0.333. The minimum Gasteiger partial charge on any atom is -0.469 e.